The molecule has 0 amide bonds. The Morgan fingerprint density at radius 1 is 1.31 bits per heavy atom. The Kier molecular flexibility index (Phi) is 3.88. The molecular weight excluding hydrogens is 200 g/mol. The lowest BCUT2D eigenvalue weighted by atomic mass is 9.77. The van der Waals surface area contributed by atoms with Crippen LogP contribution < -0.4 is 5.73 Å². The molecule has 3 nitrogen and oxygen atoms in total. The minimum atomic E-state index is 0.128. The van der Waals surface area contributed by atoms with Gasteiger partial charge in [0.05, 0.1) is 11.6 Å². The molecule has 0 aromatic carbocycles. The first-order chi connectivity index (χ1) is 7.74. The van der Waals surface area contributed by atoms with Crippen molar-refractivity contribution in [2.24, 2.45) is 5.73 Å². The molecule has 0 spiro atoms. The molecule has 16 heavy (non-hydrogen) atoms. The molecule has 3 heteroatoms. The number of nitrogens with two attached hydrogens (primary N) is 1. The molecular formula is C13H26N2O. The quantitative estimate of drug-likeness (QED) is 0.797. The second kappa shape index (κ2) is 5.03. The molecule has 2 fully saturated rings. The van der Waals surface area contributed by atoms with Gasteiger partial charge in [-0.25, -0.2) is 0 Å². The monoisotopic (exact) mass is 226 g/mol. The number of ether oxygens (including phenoxy) is 1. The fourth-order valence-electron chi connectivity index (χ4n) is 3.80. The van der Waals surface area contributed by atoms with Crippen molar-refractivity contribution in [1.29, 1.82) is 0 Å². The van der Waals surface area contributed by atoms with Crippen LogP contribution in [0.1, 0.15) is 45.4 Å². The van der Waals surface area contributed by atoms with Gasteiger partial charge in [-0.1, -0.05) is 12.8 Å². The molecule has 3 atom stereocenters. The van der Waals surface area contributed by atoms with Crippen molar-refractivity contribution in [3.63, 3.8) is 0 Å². The van der Waals surface area contributed by atoms with Gasteiger partial charge in [-0.3, -0.25) is 4.90 Å². The molecule has 1 heterocycles. The summed E-state index contributed by atoms with van der Waals surface area (Å²) >= 11 is 0. The maximum Gasteiger partial charge on any atom is 0.0767 e. The van der Waals surface area contributed by atoms with Gasteiger partial charge >= 0.3 is 0 Å². The number of nitrogens with zero attached hydrogens (tertiary/aromatic N) is 1. The third-order valence-electron chi connectivity index (χ3n) is 4.69. The Balaban J connectivity index is 2.20. The van der Waals surface area contributed by atoms with E-state index in [0.29, 0.717) is 12.1 Å². The van der Waals surface area contributed by atoms with Crippen molar-refractivity contribution in [1.82, 2.24) is 4.90 Å². The summed E-state index contributed by atoms with van der Waals surface area (Å²) in [6.45, 7) is 4.29. The van der Waals surface area contributed by atoms with Crippen LogP contribution in [0.15, 0.2) is 0 Å². The predicted octanol–water partition coefficient (Wildman–Crippen LogP) is 1.76. The lowest BCUT2D eigenvalue weighted by molar-refractivity contribution is -0.0783. The van der Waals surface area contributed by atoms with Crippen LogP contribution in [-0.4, -0.2) is 42.8 Å². The van der Waals surface area contributed by atoms with E-state index in [1.807, 2.05) is 7.11 Å². The van der Waals surface area contributed by atoms with Crippen molar-refractivity contribution in [2.75, 3.05) is 20.2 Å². The Morgan fingerprint density at radius 2 is 2.12 bits per heavy atom. The fourth-order valence-corrected chi connectivity index (χ4v) is 3.80. The topological polar surface area (TPSA) is 38.5 Å². The zero-order valence-corrected chi connectivity index (χ0v) is 10.7. The van der Waals surface area contributed by atoms with Gasteiger partial charge in [0.2, 0.25) is 0 Å². The van der Waals surface area contributed by atoms with Crippen molar-refractivity contribution < 1.29 is 4.74 Å². The summed E-state index contributed by atoms with van der Waals surface area (Å²) in [6, 6.07) is 0.680. The zero-order valence-electron chi connectivity index (χ0n) is 10.7. The SMILES string of the molecule is COC1CCCCC1(CN)N1CCCC1C. The largest absolute Gasteiger partial charge is 0.379 e. The zero-order chi connectivity index (χ0) is 11.6. The van der Waals surface area contributed by atoms with E-state index in [9.17, 15) is 0 Å². The van der Waals surface area contributed by atoms with Crippen molar-refractivity contribution >= 4 is 0 Å². The Bertz CT molecular complexity index is 234. The third-order valence-corrected chi connectivity index (χ3v) is 4.69. The molecule has 0 bridgehead atoms. The van der Waals surface area contributed by atoms with Crippen LogP contribution in [0.2, 0.25) is 0 Å². The highest BCUT2D eigenvalue weighted by Crippen LogP contribution is 2.39. The van der Waals surface area contributed by atoms with E-state index in [4.69, 9.17) is 10.5 Å². The van der Waals surface area contributed by atoms with Crippen molar-refractivity contribution in [3.05, 3.63) is 0 Å². The highest BCUT2D eigenvalue weighted by atomic mass is 16.5. The van der Waals surface area contributed by atoms with E-state index in [0.717, 1.165) is 6.54 Å². The van der Waals surface area contributed by atoms with Crippen LogP contribution in [0.3, 0.4) is 0 Å². The van der Waals surface area contributed by atoms with E-state index in [1.54, 1.807) is 0 Å². The van der Waals surface area contributed by atoms with Crippen LogP contribution in [0.4, 0.5) is 0 Å². The smallest absolute Gasteiger partial charge is 0.0767 e. The molecule has 2 N–H and O–H groups in total. The second-order valence-electron chi connectivity index (χ2n) is 5.46. The molecule has 0 radical (unpaired) electrons. The van der Waals surface area contributed by atoms with E-state index in [1.165, 1.54) is 45.1 Å². The fraction of sp³-hybridized carbons (Fsp3) is 1.00. The molecule has 1 aliphatic heterocycles. The van der Waals surface area contributed by atoms with Crippen LogP contribution in [0.25, 0.3) is 0 Å². The summed E-state index contributed by atoms with van der Waals surface area (Å²) in [5.74, 6) is 0. The average Bonchev–Trinajstić information content (AvgIpc) is 2.75. The summed E-state index contributed by atoms with van der Waals surface area (Å²) in [7, 11) is 1.85. The molecule has 3 unspecified atom stereocenters. The van der Waals surface area contributed by atoms with Crippen LogP contribution in [-0.2, 0) is 4.74 Å². The molecule has 0 aromatic heterocycles. The number of hydrogen-bond donors (Lipinski definition) is 1. The second-order valence-corrected chi connectivity index (χ2v) is 5.46. The summed E-state index contributed by atoms with van der Waals surface area (Å²) in [6.07, 6.45) is 7.97. The van der Waals surface area contributed by atoms with Crippen molar-refractivity contribution in [2.45, 2.75) is 63.1 Å². The highest BCUT2D eigenvalue weighted by molar-refractivity contribution is 5.04. The maximum atomic E-state index is 6.12. The first-order valence-electron chi connectivity index (χ1n) is 6.74. The van der Waals surface area contributed by atoms with Crippen LogP contribution in [0, 0.1) is 0 Å². The van der Waals surface area contributed by atoms with Gasteiger partial charge in [0.1, 0.15) is 0 Å². The maximum absolute atomic E-state index is 6.12. The predicted molar refractivity (Wildman–Crippen MR) is 66.5 cm³/mol. The molecule has 0 aromatic rings. The first kappa shape index (κ1) is 12.3. The average molecular weight is 226 g/mol. The van der Waals surface area contributed by atoms with Crippen LogP contribution in [0.5, 0.6) is 0 Å². The molecule has 1 saturated carbocycles. The van der Waals surface area contributed by atoms with Gasteiger partial charge in [0.15, 0.2) is 0 Å². The van der Waals surface area contributed by atoms with Gasteiger partial charge in [0, 0.05) is 19.7 Å². The van der Waals surface area contributed by atoms with E-state index >= 15 is 0 Å². The number of hydrogen-bond acceptors (Lipinski definition) is 3. The molecule has 1 saturated heterocycles. The molecule has 2 aliphatic rings. The van der Waals surface area contributed by atoms with E-state index in [-0.39, 0.29) is 5.54 Å². The van der Waals surface area contributed by atoms with Gasteiger partial charge in [0.25, 0.3) is 0 Å². The Hall–Kier alpha value is -0.120. The molecule has 1 aliphatic carbocycles. The minimum Gasteiger partial charge on any atom is -0.379 e. The number of likely N-dealkylation sites (tertiary alicyclic amines) is 1. The highest BCUT2D eigenvalue weighted by Gasteiger charge is 2.47. The standard InChI is InChI=1S/C13H26N2O/c1-11-6-5-9-15(11)13(10-14)8-4-3-7-12(13)16-2/h11-12H,3-10,14H2,1-2H3. The number of methoxy groups -OCH3 is 1. The lowest BCUT2D eigenvalue weighted by Gasteiger charge is -2.50. The summed E-state index contributed by atoms with van der Waals surface area (Å²) in [4.78, 5) is 2.64. The van der Waals surface area contributed by atoms with Crippen molar-refractivity contribution in [3.8, 4) is 0 Å². The number of rotatable bonds is 3. The lowest BCUT2D eigenvalue weighted by Crippen LogP contribution is -2.63. The minimum absolute atomic E-state index is 0.128. The first-order valence-corrected chi connectivity index (χ1v) is 6.74. The molecule has 94 valence electrons. The Morgan fingerprint density at radius 3 is 2.69 bits per heavy atom. The van der Waals surface area contributed by atoms with Crippen LogP contribution >= 0.6 is 0 Å². The third kappa shape index (κ3) is 1.89. The van der Waals surface area contributed by atoms with E-state index in [2.05, 4.69) is 11.8 Å². The van der Waals surface area contributed by atoms with Gasteiger partial charge < -0.3 is 10.5 Å². The van der Waals surface area contributed by atoms with Gasteiger partial charge in [-0.15, -0.1) is 0 Å². The van der Waals surface area contributed by atoms with E-state index < -0.39 is 0 Å². The van der Waals surface area contributed by atoms with Gasteiger partial charge in [-0.2, -0.15) is 0 Å². The summed E-state index contributed by atoms with van der Waals surface area (Å²) in [5.41, 5.74) is 6.25. The Labute approximate surface area is 99.3 Å². The molecule has 2 rings (SSSR count). The van der Waals surface area contributed by atoms with Gasteiger partial charge in [-0.05, 0) is 39.2 Å². The normalized spacial score (nSPS) is 41.4. The summed E-state index contributed by atoms with van der Waals surface area (Å²) in [5, 5.41) is 0. The summed E-state index contributed by atoms with van der Waals surface area (Å²) < 4.78 is 5.74.